The van der Waals surface area contributed by atoms with Crippen LogP contribution in [-0.4, -0.2) is 39.4 Å². The van der Waals surface area contributed by atoms with Crippen LogP contribution >= 0.6 is 0 Å². The van der Waals surface area contributed by atoms with Crippen molar-refractivity contribution in [3.8, 4) is 17.0 Å². The fourth-order valence-corrected chi connectivity index (χ4v) is 5.14. The Balaban J connectivity index is 0.000000575. The number of rotatable bonds is 7. The quantitative estimate of drug-likeness (QED) is 0.348. The second kappa shape index (κ2) is 13.0. The number of amides is 2. The van der Waals surface area contributed by atoms with Crippen molar-refractivity contribution in [3.05, 3.63) is 41.1 Å². The summed E-state index contributed by atoms with van der Waals surface area (Å²) in [5.41, 5.74) is 6.83. The number of halogens is 3. The lowest BCUT2D eigenvalue weighted by atomic mass is 9.86. The van der Waals surface area contributed by atoms with Crippen LogP contribution in [0.25, 0.3) is 11.3 Å². The predicted molar refractivity (Wildman–Crippen MR) is 149 cm³/mol. The highest BCUT2D eigenvalue weighted by Gasteiger charge is 2.32. The Kier molecular flexibility index (Phi) is 10.1. The van der Waals surface area contributed by atoms with Crippen molar-refractivity contribution in [2.45, 2.75) is 97.5 Å². The molecule has 0 atom stereocenters. The van der Waals surface area contributed by atoms with E-state index in [9.17, 15) is 27.6 Å². The molecule has 2 amide bonds. The van der Waals surface area contributed by atoms with Crippen molar-refractivity contribution < 1.29 is 37.4 Å². The van der Waals surface area contributed by atoms with Gasteiger partial charge in [0.25, 0.3) is 11.8 Å². The van der Waals surface area contributed by atoms with Crippen LogP contribution in [0.1, 0.15) is 98.5 Å². The highest BCUT2D eigenvalue weighted by molar-refractivity contribution is 5.98. The number of aromatic nitrogens is 1. The van der Waals surface area contributed by atoms with Crippen LogP contribution < -0.4 is 15.8 Å². The molecule has 0 spiro atoms. The SMILES string of the molecule is Cc1c(C(N)=O)cc(-c2cc(OC(F)(F)F)cc(C(=O)NC(C)(C)C)c2)n1CC1CCCCC1.O=C(O)C1CCC1. The molecule has 226 valence electrons. The molecule has 41 heavy (non-hydrogen) atoms. The van der Waals surface area contributed by atoms with Crippen molar-refractivity contribution in [3.63, 3.8) is 0 Å². The van der Waals surface area contributed by atoms with E-state index in [2.05, 4.69) is 10.1 Å². The standard InChI is InChI=1S/C25H32F3N3O3.C5H8O2/c1-15-20(22(29)32)13-21(31(15)14-16-8-6-5-7-9-16)17-10-18(23(33)30-24(2,3)4)12-19(11-17)34-25(26,27)28;6-5(7)4-2-1-3-4/h10-13,16H,5-9,14H2,1-4H3,(H2,29,32)(H,30,33);4H,1-3H2,(H,6,7). The van der Waals surface area contributed by atoms with Crippen LogP contribution in [0, 0.1) is 18.8 Å². The maximum atomic E-state index is 13.1. The molecule has 2 saturated carbocycles. The van der Waals surface area contributed by atoms with Gasteiger partial charge in [0.15, 0.2) is 0 Å². The van der Waals surface area contributed by atoms with E-state index in [1.54, 1.807) is 33.8 Å². The molecular formula is C30H40F3N3O5. The minimum atomic E-state index is -4.92. The monoisotopic (exact) mass is 579 g/mol. The molecule has 0 radical (unpaired) electrons. The molecule has 11 heteroatoms. The van der Waals surface area contributed by atoms with Crippen LogP contribution in [0.4, 0.5) is 13.2 Å². The third-order valence-electron chi connectivity index (χ3n) is 7.44. The Morgan fingerprint density at radius 1 is 1.00 bits per heavy atom. The van der Waals surface area contributed by atoms with Crippen LogP contribution in [-0.2, 0) is 11.3 Å². The second-order valence-corrected chi connectivity index (χ2v) is 12.0. The van der Waals surface area contributed by atoms with Gasteiger partial charge in [-0.15, -0.1) is 13.2 Å². The van der Waals surface area contributed by atoms with Gasteiger partial charge in [-0.1, -0.05) is 25.7 Å². The first-order valence-corrected chi connectivity index (χ1v) is 14.0. The summed E-state index contributed by atoms with van der Waals surface area (Å²) in [7, 11) is 0. The minimum absolute atomic E-state index is 0.000000000000000444. The molecule has 4 rings (SSSR count). The summed E-state index contributed by atoms with van der Waals surface area (Å²) in [6.45, 7) is 7.72. The lowest BCUT2D eigenvalue weighted by Crippen LogP contribution is -2.40. The molecule has 1 aromatic carbocycles. The molecule has 0 aliphatic heterocycles. The fraction of sp³-hybridized carbons (Fsp3) is 0.567. The minimum Gasteiger partial charge on any atom is -0.481 e. The van der Waals surface area contributed by atoms with Crippen LogP contribution in [0.15, 0.2) is 24.3 Å². The maximum Gasteiger partial charge on any atom is 0.573 e. The first kappa shape index (κ1) is 32.0. The van der Waals surface area contributed by atoms with Gasteiger partial charge < -0.3 is 25.5 Å². The van der Waals surface area contributed by atoms with Gasteiger partial charge in [0.2, 0.25) is 0 Å². The Morgan fingerprint density at radius 3 is 2.10 bits per heavy atom. The fourth-order valence-electron chi connectivity index (χ4n) is 5.14. The van der Waals surface area contributed by atoms with Gasteiger partial charge in [-0.3, -0.25) is 14.4 Å². The lowest BCUT2D eigenvalue weighted by molar-refractivity contribution is -0.274. The average molecular weight is 580 g/mol. The van der Waals surface area contributed by atoms with E-state index in [4.69, 9.17) is 10.8 Å². The second-order valence-electron chi connectivity index (χ2n) is 12.0. The first-order valence-electron chi connectivity index (χ1n) is 14.0. The third-order valence-corrected chi connectivity index (χ3v) is 7.44. The Morgan fingerprint density at radius 2 is 1.63 bits per heavy atom. The van der Waals surface area contributed by atoms with Crippen molar-refractivity contribution in [1.29, 1.82) is 0 Å². The van der Waals surface area contributed by atoms with Gasteiger partial charge in [-0.2, -0.15) is 0 Å². The molecule has 2 aliphatic carbocycles. The number of carbonyl (C=O) groups excluding carboxylic acids is 2. The summed E-state index contributed by atoms with van der Waals surface area (Å²) in [6, 6.07) is 5.40. The number of nitrogens with two attached hydrogens (primary N) is 1. The molecule has 0 unspecified atom stereocenters. The normalized spacial score (nSPS) is 16.3. The van der Waals surface area contributed by atoms with Gasteiger partial charge in [-0.05, 0) is 83.6 Å². The molecule has 2 fully saturated rings. The van der Waals surface area contributed by atoms with Gasteiger partial charge in [0, 0.05) is 34.6 Å². The van der Waals surface area contributed by atoms with Crippen LogP contribution in [0.5, 0.6) is 5.75 Å². The molecule has 1 heterocycles. The highest BCUT2D eigenvalue weighted by atomic mass is 19.4. The molecule has 1 aromatic heterocycles. The number of alkyl halides is 3. The van der Waals surface area contributed by atoms with E-state index in [1.807, 2.05) is 4.57 Å². The Labute approximate surface area is 238 Å². The summed E-state index contributed by atoms with van der Waals surface area (Å²) >= 11 is 0. The predicted octanol–water partition coefficient (Wildman–Crippen LogP) is 6.44. The number of nitrogens with zero attached hydrogens (tertiary/aromatic N) is 1. The van der Waals surface area contributed by atoms with E-state index in [1.165, 1.54) is 18.6 Å². The zero-order valence-electron chi connectivity index (χ0n) is 24.1. The van der Waals surface area contributed by atoms with Gasteiger partial charge in [0.1, 0.15) is 5.75 Å². The lowest BCUT2D eigenvalue weighted by Gasteiger charge is -2.25. The number of hydrogen-bond donors (Lipinski definition) is 3. The summed E-state index contributed by atoms with van der Waals surface area (Å²) in [4.78, 5) is 34.9. The number of carboxylic acid groups (broad SMARTS) is 1. The number of primary amides is 1. The Hall–Kier alpha value is -3.50. The Bertz CT molecular complexity index is 1250. The molecule has 0 bridgehead atoms. The van der Waals surface area contributed by atoms with E-state index in [0.717, 1.165) is 51.0 Å². The molecule has 8 nitrogen and oxygen atoms in total. The highest BCUT2D eigenvalue weighted by Crippen LogP contribution is 2.35. The van der Waals surface area contributed by atoms with Crippen molar-refractivity contribution >= 4 is 17.8 Å². The van der Waals surface area contributed by atoms with Crippen molar-refractivity contribution in [1.82, 2.24) is 9.88 Å². The first-order chi connectivity index (χ1) is 19.0. The number of ether oxygens (including phenoxy) is 1. The number of hydrogen-bond acceptors (Lipinski definition) is 4. The topological polar surface area (TPSA) is 124 Å². The summed E-state index contributed by atoms with van der Waals surface area (Å²) in [6.07, 6.45) is 3.49. The van der Waals surface area contributed by atoms with E-state index in [-0.39, 0.29) is 11.5 Å². The van der Waals surface area contributed by atoms with Crippen LogP contribution in [0.2, 0.25) is 0 Å². The van der Waals surface area contributed by atoms with E-state index >= 15 is 0 Å². The molecule has 2 aliphatic rings. The molecule has 2 aromatic rings. The zero-order valence-corrected chi connectivity index (χ0v) is 24.1. The number of nitrogens with one attached hydrogen (secondary N) is 1. The van der Waals surface area contributed by atoms with Crippen molar-refractivity contribution in [2.24, 2.45) is 17.6 Å². The van der Waals surface area contributed by atoms with Crippen LogP contribution in [0.3, 0.4) is 0 Å². The maximum absolute atomic E-state index is 13.1. The number of carbonyl (C=O) groups is 3. The van der Waals surface area contributed by atoms with Gasteiger partial charge >= 0.3 is 12.3 Å². The van der Waals surface area contributed by atoms with Gasteiger partial charge in [0.05, 0.1) is 11.5 Å². The summed E-state index contributed by atoms with van der Waals surface area (Å²) in [5, 5.41) is 11.0. The molecule has 0 saturated heterocycles. The molecular weight excluding hydrogens is 539 g/mol. The smallest absolute Gasteiger partial charge is 0.481 e. The average Bonchev–Trinajstić information content (AvgIpc) is 3.12. The number of carboxylic acids is 1. The van der Waals surface area contributed by atoms with Crippen molar-refractivity contribution in [2.75, 3.05) is 0 Å². The number of aliphatic carboxylic acids is 1. The van der Waals surface area contributed by atoms with Gasteiger partial charge in [-0.25, -0.2) is 0 Å². The molecule has 4 N–H and O–H groups in total. The summed E-state index contributed by atoms with van der Waals surface area (Å²) < 4.78 is 45.3. The number of benzene rings is 1. The zero-order chi connectivity index (χ0) is 30.5. The van der Waals surface area contributed by atoms with E-state index < -0.39 is 35.4 Å². The largest absolute Gasteiger partial charge is 0.573 e. The third kappa shape index (κ3) is 9.26. The summed E-state index contributed by atoms with van der Waals surface area (Å²) in [5.74, 6) is -1.88. The van der Waals surface area contributed by atoms with E-state index in [0.29, 0.717) is 35.0 Å².